The summed E-state index contributed by atoms with van der Waals surface area (Å²) in [4.78, 5) is 39.5. The average Bonchev–Trinajstić information content (AvgIpc) is 3.06. The van der Waals surface area contributed by atoms with E-state index in [1.807, 2.05) is 0 Å². The van der Waals surface area contributed by atoms with Gasteiger partial charge in [0, 0.05) is 23.9 Å². The molecule has 0 aliphatic carbocycles. The Morgan fingerprint density at radius 2 is 2.07 bits per heavy atom. The molecule has 0 saturated carbocycles. The molecule has 4 rings (SSSR count). The van der Waals surface area contributed by atoms with Crippen LogP contribution in [0.3, 0.4) is 0 Å². The van der Waals surface area contributed by atoms with Crippen LogP contribution in [0.15, 0.2) is 35.4 Å². The van der Waals surface area contributed by atoms with Crippen LogP contribution in [0, 0.1) is 0 Å². The first-order chi connectivity index (χ1) is 13.0. The van der Waals surface area contributed by atoms with Crippen molar-refractivity contribution in [1.29, 1.82) is 0 Å². The summed E-state index contributed by atoms with van der Waals surface area (Å²) in [5.74, 6) is -0.307. The fraction of sp³-hybridized carbons (Fsp3) is 0.111. The second-order valence-electron chi connectivity index (χ2n) is 5.85. The summed E-state index contributed by atoms with van der Waals surface area (Å²) < 4.78 is 5.02. The molecule has 0 fully saturated rings. The maximum absolute atomic E-state index is 13.1. The number of nitrogens with one attached hydrogen (secondary N) is 2. The molecule has 0 amide bonds. The standard InChI is InChI=1S/C18H12Cl2N4O3/c1-27-7-13-18(26)24-12-6-22-17-14(15(12)23-13)10(5-21-17)16(25)9-3-2-8(19)4-11(9)20/h2-6H,7H2,1H3,(H,21,22)(H,24,26). The number of ketones is 1. The monoisotopic (exact) mass is 402 g/mol. The number of fused-ring (bicyclic) bond motifs is 3. The number of aromatic amines is 2. The smallest absolute Gasteiger partial charge is 0.272 e. The number of methoxy groups -OCH3 is 1. The Morgan fingerprint density at radius 1 is 1.26 bits per heavy atom. The largest absolute Gasteiger partial charge is 0.378 e. The predicted molar refractivity (Wildman–Crippen MR) is 103 cm³/mol. The van der Waals surface area contributed by atoms with Gasteiger partial charge in [0.15, 0.2) is 5.78 Å². The Morgan fingerprint density at radius 3 is 2.81 bits per heavy atom. The zero-order valence-electron chi connectivity index (χ0n) is 14.0. The highest BCUT2D eigenvalue weighted by molar-refractivity contribution is 6.38. The number of pyridine rings is 1. The van der Waals surface area contributed by atoms with Gasteiger partial charge >= 0.3 is 0 Å². The van der Waals surface area contributed by atoms with Gasteiger partial charge < -0.3 is 14.7 Å². The first-order valence-electron chi connectivity index (χ1n) is 7.87. The maximum Gasteiger partial charge on any atom is 0.272 e. The van der Waals surface area contributed by atoms with E-state index in [9.17, 15) is 9.59 Å². The summed E-state index contributed by atoms with van der Waals surface area (Å²) in [7, 11) is 1.47. The minimum absolute atomic E-state index is 0.0474. The van der Waals surface area contributed by atoms with E-state index < -0.39 is 0 Å². The molecule has 0 radical (unpaired) electrons. The number of nitrogens with zero attached hydrogens (tertiary/aromatic N) is 2. The Kier molecular flexibility index (Phi) is 4.43. The molecule has 4 aromatic rings. The van der Waals surface area contributed by atoms with Crippen LogP contribution >= 0.6 is 23.2 Å². The highest BCUT2D eigenvalue weighted by atomic mass is 35.5. The van der Waals surface area contributed by atoms with Crippen molar-refractivity contribution in [1.82, 2.24) is 19.9 Å². The number of benzene rings is 1. The molecular formula is C18H12Cl2N4O3. The third kappa shape index (κ3) is 2.99. The van der Waals surface area contributed by atoms with E-state index >= 15 is 0 Å². The topological polar surface area (TPSA) is 101 Å². The molecule has 0 aliphatic heterocycles. The van der Waals surface area contributed by atoms with Crippen molar-refractivity contribution in [3.63, 3.8) is 0 Å². The van der Waals surface area contributed by atoms with Crippen LogP contribution in [-0.2, 0) is 11.3 Å². The molecule has 7 nitrogen and oxygen atoms in total. The number of carbonyl (C=O) groups excluding carboxylic acids is 1. The summed E-state index contributed by atoms with van der Waals surface area (Å²) in [6, 6.07) is 4.67. The molecule has 136 valence electrons. The van der Waals surface area contributed by atoms with Gasteiger partial charge in [-0.1, -0.05) is 23.2 Å². The second-order valence-corrected chi connectivity index (χ2v) is 6.69. The summed E-state index contributed by atoms with van der Waals surface area (Å²) >= 11 is 12.1. The Balaban J connectivity index is 1.98. The van der Waals surface area contributed by atoms with E-state index in [0.29, 0.717) is 38.2 Å². The maximum atomic E-state index is 13.1. The van der Waals surface area contributed by atoms with E-state index in [1.165, 1.54) is 19.4 Å². The van der Waals surface area contributed by atoms with Gasteiger partial charge in [-0.2, -0.15) is 0 Å². The quantitative estimate of drug-likeness (QED) is 0.508. The molecule has 27 heavy (non-hydrogen) atoms. The molecule has 0 unspecified atom stereocenters. The molecule has 0 spiro atoms. The van der Waals surface area contributed by atoms with Gasteiger partial charge in [0.25, 0.3) is 5.56 Å². The van der Waals surface area contributed by atoms with Crippen molar-refractivity contribution >= 4 is 51.1 Å². The van der Waals surface area contributed by atoms with E-state index in [0.717, 1.165) is 0 Å². The van der Waals surface area contributed by atoms with E-state index in [-0.39, 0.29) is 28.7 Å². The third-order valence-corrected chi connectivity index (χ3v) is 4.68. The zero-order valence-corrected chi connectivity index (χ0v) is 15.5. The first kappa shape index (κ1) is 17.7. The van der Waals surface area contributed by atoms with Gasteiger partial charge in [0.1, 0.15) is 16.9 Å². The normalized spacial score (nSPS) is 11.4. The number of H-pyrrole nitrogens is 2. The Labute approximate surface area is 162 Å². The SMILES string of the molecule is COCc1nc2c(cnc3[nH]cc(C(=O)c4ccc(Cl)cc4Cl)c32)[nH]c1=O. The van der Waals surface area contributed by atoms with Crippen LogP contribution in [0.1, 0.15) is 21.6 Å². The van der Waals surface area contributed by atoms with Crippen LogP contribution in [-0.4, -0.2) is 32.8 Å². The lowest BCUT2D eigenvalue weighted by Crippen LogP contribution is -2.16. The van der Waals surface area contributed by atoms with Crippen LogP contribution in [0.25, 0.3) is 22.1 Å². The van der Waals surface area contributed by atoms with Crippen LogP contribution in [0.2, 0.25) is 10.0 Å². The van der Waals surface area contributed by atoms with Gasteiger partial charge in [-0.15, -0.1) is 0 Å². The number of rotatable bonds is 4. The number of hydrogen-bond donors (Lipinski definition) is 2. The zero-order chi connectivity index (χ0) is 19.1. The van der Waals surface area contributed by atoms with Gasteiger partial charge in [-0.25, -0.2) is 9.97 Å². The van der Waals surface area contributed by atoms with Gasteiger partial charge in [0.05, 0.1) is 34.3 Å². The Bertz CT molecular complexity index is 1260. The van der Waals surface area contributed by atoms with Crippen LogP contribution in [0.4, 0.5) is 0 Å². The lowest BCUT2D eigenvalue weighted by Gasteiger charge is -2.06. The fourth-order valence-electron chi connectivity index (χ4n) is 2.90. The van der Waals surface area contributed by atoms with Crippen molar-refractivity contribution in [3.05, 3.63) is 67.8 Å². The molecule has 0 bridgehead atoms. The summed E-state index contributed by atoms with van der Waals surface area (Å²) in [6.07, 6.45) is 3.04. The molecule has 2 N–H and O–H groups in total. The molecule has 0 aliphatic rings. The van der Waals surface area contributed by atoms with Crippen molar-refractivity contribution in [2.24, 2.45) is 0 Å². The third-order valence-electron chi connectivity index (χ3n) is 4.13. The number of aromatic nitrogens is 4. The minimum atomic E-state index is -0.366. The predicted octanol–water partition coefficient (Wildman–Crippen LogP) is 3.48. The minimum Gasteiger partial charge on any atom is -0.378 e. The van der Waals surface area contributed by atoms with E-state index in [1.54, 1.807) is 18.3 Å². The van der Waals surface area contributed by atoms with Gasteiger partial charge in [0.2, 0.25) is 0 Å². The Hall–Kier alpha value is -2.74. The van der Waals surface area contributed by atoms with Crippen molar-refractivity contribution in [3.8, 4) is 0 Å². The fourth-order valence-corrected chi connectivity index (χ4v) is 3.39. The summed E-state index contributed by atoms with van der Waals surface area (Å²) in [5.41, 5.74) is 1.83. The van der Waals surface area contributed by atoms with E-state index in [4.69, 9.17) is 27.9 Å². The van der Waals surface area contributed by atoms with Gasteiger partial charge in [-0.3, -0.25) is 9.59 Å². The summed E-state index contributed by atoms with van der Waals surface area (Å²) in [6.45, 7) is 0.0474. The molecule has 3 heterocycles. The van der Waals surface area contributed by atoms with Crippen LogP contribution < -0.4 is 5.56 Å². The van der Waals surface area contributed by atoms with Crippen molar-refractivity contribution in [2.75, 3.05) is 7.11 Å². The average molecular weight is 403 g/mol. The van der Waals surface area contributed by atoms with Crippen LogP contribution in [0.5, 0.6) is 0 Å². The van der Waals surface area contributed by atoms with Crippen molar-refractivity contribution < 1.29 is 9.53 Å². The molecule has 1 aromatic carbocycles. The lowest BCUT2D eigenvalue weighted by atomic mass is 10.0. The summed E-state index contributed by atoms with van der Waals surface area (Å²) in [5, 5.41) is 1.18. The van der Waals surface area contributed by atoms with Gasteiger partial charge in [-0.05, 0) is 18.2 Å². The molecule has 3 aromatic heterocycles. The highest BCUT2D eigenvalue weighted by Gasteiger charge is 2.21. The number of ether oxygens (including phenoxy) is 1. The number of hydrogen-bond acceptors (Lipinski definition) is 5. The lowest BCUT2D eigenvalue weighted by molar-refractivity contribution is 0.104. The van der Waals surface area contributed by atoms with E-state index in [2.05, 4.69) is 19.9 Å². The highest BCUT2D eigenvalue weighted by Crippen LogP contribution is 2.29. The molecule has 0 saturated heterocycles. The number of carbonyl (C=O) groups is 1. The first-order valence-corrected chi connectivity index (χ1v) is 8.63. The molecular weight excluding hydrogens is 391 g/mol. The second kappa shape index (κ2) is 6.77. The number of halogens is 2. The van der Waals surface area contributed by atoms with Crippen molar-refractivity contribution in [2.45, 2.75) is 6.61 Å². The molecule has 0 atom stereocenters. The molecule has 9 heteroatoms.